The van der Waals surface area contributed by atoms with Gasteiger partial charge >= 0.3 is 5.97 Å². The molecule has 1 aromatic heterocycles. The molecule has 4 nitrogen and oxygen atoms in total. The Bertz CT molecular complexity index is 1180. The minimum Gasteiger partial charge on any atom is -0.481 e. The van der Waals surface area contributed by atoms with Gasteiger partial charge in [0.15, 0.2) is 0 Å². The van der Waals surface area contributed by atoms with Crippen molar-refractivity contribution >= 4 is 16.9 Å². The zero-order valence-corrected chi connectivity index (χ0v) is 14.9. The molecule has 1 fully saturated rings. The van der Waals surface area contributed by atoms with Gasteiger partial charge in [-0.15, -0.1) is 0 Å². The van der Waals surface area contributed by atoms with Crippen LogP contribution in [0.4, 0.5) is 4.39 Å². The molecule has 1 N–H and O–H groups in total. The van der Waals surface area contributed by atoms with Crippen LogP contribution in [-0.2, 0) is 10.2 Å². The molecule has 1 aliphatic carbocycles. The molecule has 0 aliphatic heterocycles. The summed E-state index contributed by atoms with van der Waals surface area (Å²) >= 11 is 0. The normalized spacial score (nSPS) is 21.0. The van der Waals surface area contributed by atoms with Crippen LogP contribution in [0.5, 0.6) is 0 Å². The molecule has 3 aromatic carbocycles. The monoisotopic (exact) mass is 372 g/mol. The highest BCUT2D eigenvalue weighted by atomic mass is 19.1. The van der Waals surface area contributed by atoms with Crippen LogP contribution in [0, 0.1) is 11.7 Å². The van der Waals surface area contributed by atoms with E-state index in [0.717, 1.165) is 27.7 Å². The zero-order valence-electron chi connectivity index (χ0n) is 14.9. The molecular formula is C23H17FN2O2. The van der Waals surface area contributed by atoms with Gasteiger partial charge in [0, 0.05) is 10.8 Å². The summed E-state index contributed by atoms with van der Waals surface area (Å²) < 4.78 is 15.0. The molecule has 1 heterocycles. The molecule has 28 heavy (non-hydrogen) atoms. The van der Waals surface area contributed by atoms with Gasteiger partial charge in [-0.05, 0) is 53.9 Å². The molecule has 0 saturated heterocycles. The van der Waals surface area contributed by atoms with Gasteiger partial charge in [0.25, 0.3) is 0 Å². The number of carbonyl (C=O) groups is 1. The Morgan fingerprint density at radius 2 is 1.79 bits per heavy atom. The lowest BCUT2D eigenvalue weighted by Gasteiger charge is -2.18. The first kappa shape index (κ1) is 16.7. The summed E-state index contributed by atoms with van der Waals surface area (Å²) in [7, 11) is 0. The average Bonchev–Trinajstić information content (AvgIpc) is 3.36. The van der Waals surface area contributed by atoms with Gasteiger partial charge in [0.05, 0.1) is 23.3 Å². The number of hydrogen-bond donors (Lipinski definition) is 1. The van der Waals surface area contributed by atoms with Gasteiger partial charge in [-0.3, -0.25) is 4.79 Å². The predicted molar refractivity (Wildman–Crippen MR) is 104 cm³/mol. The van der Waals surface area contributed by atoms with Gasteiger partial charge in [0.2, 0.25) is 0 Å². The third-order valence-electron chi connectivity index (χ3n) is 5.70. The number of aromatic nitrogens is 2. The molecule has 5 rings (SSSR count). The number of hydrogen-bond acceptors (Lipinski definition) is 2. The summed E-state index contributed by atoms with van der Waals surface area (Å²) in [5, 5.41) is 15.0. The van der Waals surface area contributed by atoms with Gasteiger partial charge in [-0.2, -0.15) is 5.10 Å². The second-order valence-corrected chi connectivity index (χ2v) is 7.24. The summed E-state index contributed by atoms with van der Waals surface area (Å²) in [5.41, 5.74) is 3.17. The molecule has 0 bridgehead atoms. The number of carboxylic acid groups (broad SMARTS) is 1. The topological polar surface area (TPSA) is 55.1 Å². The molecular weight excluding hydrogens is 355 g/mol. The fraction of sp³-hybridized carbons (Fsp3) is 0.130. The van der Waals surface area contributed by atoms with Crippen LogP contribution in [0.25, 0.3) is 16.6 Å². The number of fused-ring (bicyclic) bond motifs is 1. The molecule has 2 atom stereocenters. The number of nitrogens with zero attached hydrogens (tertiary/aromatic N) is 2. The van der Waals surface area contributed by atoms with Crippen LogP contribution in [-0.4, -0.2) is 20.9 Å². The first-order chi connectivity index (χ1) is 13.6. The van der Waals surface area contributed by atoms with E-state index in [9.17, 15) is 14.3 Å². The smallest absolute Gasteiger partial charge is 0.307 e. The minimum absolute atomic E-state index is 0.291. The average molecular weight is 372 g/mol. The Hall–Kier alpha value is -3.47. The second kappa shape index (κ2) is 6.02. The molecule has 5 heteroatoms. The van der Waals surface area contributed by atoms with E-state index < -0.39 is 17.3 Å². The third-order valence-corrected chi connectivity index (χ3v) is 5.70. The largest absolute Gasteiger partial charge is 0.481 e. The van der Waals surface area contributed by atoms with Gasteiger partial charge in [0.1, 0.15) is 5.82 Å². The van der Waals surface area contributed by atoms with Crippen molar-refractivity contribution < 1.29 is 14.3 Å². The SMILES string of the molecule is O=C(O)[C@@H]1C[C@@]1(c1ccccc1)c1ccc2c(cnn2-c2ccc(F)cc2)c1. The van der Waals surface area contributed by atoms with Crippen molar-refractivity contribution in [1.82, 2.24) is 9.78 Å². The highest BCUT2D eigenvalue weighted by Gasteiger charge is 2.60. The van der Waals surface area contributed by atoms with Crippen LogP contribution in [0.3, 0.4) is 0 Å². The second-order valence-electron chi connectivity index (χ2n) is 7.24. The standard InChI is InChI=1S/C23H17FN2O2/c24-18-7-9-19(10-8-18)26-21-11-6-17(12-15(21)14-25-26)23(13-20(23)22(27)28)16-4-2-1-3-5-16/h1-12,14,20H,13H2,(H,27,28)/t20-,23+/m0/s1. The van der Waals surface area contributed by atoms with Crippen LogP contribution in [0.15, 0.2) is 79.0 Å². The minimum atomic E-state index is -0.772. The zero-order chi connectivity index (χ0) is 19.3. The van der Waals surface area contributed by atoms with Crippen molar-refractivity contribution in [2.75, 3.05) is 0 Å². The molecule has 0 spiro atoms. The van der Waals surface area contributed by atoms with E-state index in [1.807, 2.05) is 48.5 Å². The molecule has 138 valence electrons. The summed E-state index contributed by atoms with van der Waals surface area (Å²) in [6.07, 6.45) is 2.35. The van der Waals surface area contributed by atoms with Crippen molar-refractivity contribution in [3.05, 3.63) is 95.9 Å². The van der Waals surface area contributed by atoms with Gasteiger partial charge in [-0.1, -0.05) is 36.4 Å². The molecule has 0 unspecified atom stereocenters. The van der Waals surface area contributed by atoms with Crippen LogP contribution < -0.4 is 0 Å². The Morgan fingerprint density at radius 3 is 2.46 bits per heavy atom. The van der Waals surface area contributed by atoms with Crippen molar-refractivity contribution in [3.8, 4) is 5.69 Å². The molecule has 4 aromatic rings. The van der Waals surface area contributed by atoms with Gasteiger partial charge in [-0.25, -0.2) is 9.07 Å². The number of aliphatic carboxylic acids is 1. The van der Waals surface area contributed by atoms with Crippen molar-refractivity contribution in [2.24, 2.45) is 5.92 Å². The van der Waals surface area contributed by atoms with Crippen molar-refractivity contribution in [2.45, 2.75) is 11.8 Å². The predicted octanol–water partition coefficient (Wildman–Crippen LogP) is 4.56. The highest BCUT2D eigenvalue weighted by Crippen LogP contribution is 2.59. The van der Waals surface area contributed by atoms with E-state index >= 15 is 0 Å². The van der Waals surface area contributed by atoms with Crippen molar-refractivity contribution in [3.63, 3.8) is 0 Å². The lowest BCUT2D eigenvalue weighted by molar-refractivity contribution is -0.138. The number of carboxylic acids is 1. The van der Waals surface area contributed by atoms with E-state index in [0.29, 0.717) is 6.42 Å². The van der Waals surface area contributed by atoms with Crippen LogP contribution in [0.1, 0.15) is 17.5 Å². The maximum atomic E-state index is 13.2. The maximum absolute atomic E-state index is 13.2. The lowest BCUT2D eigenvalue weighted by Crippen LogP contribution is -2.16. The van der Waals surface area contributed by atoms with Gasteiger partial charge < -0.3 is 5.11 Å². The van der Waals surface area contributed by atoms with Crippen LogP contribution in [0.2, 0.25) is 0 Å². The van der Waals surface area contributed by atoms with E-state index in [4.69, 9.17) is 0 Å². The Morgan fingerprint density at radius 1 is 1.04 bits per heavy atom. The summed E-state index contributed by atoms with van der Waals surface area (Å²) in [5.74, 6) is -1.49. The Kier molecular flexibility index (Phi) is 3.59. The first-order valence-electron chi connectivity index (χ1n) is 9.12. The van der Waals surface area contributed by atoms with Crippen LogP contribution >= 0.6 is 0 Å². The highest BCUT2D eigenvalue weighted by molar-refractivity contribution is 5.84. The first-order valence-corrected chi connectivity index (χ1v) is 9.12. The fourth-order valence-corrected chi connectivity index (χ4v) is 4.20. The maximum Gasteiger partial charge on any atom is 0.307 e. The molecule has 0 radical (unpaired) electrons. The number of benzene rings is 3. The quantitative estimate of drug-likeness (QED) is 0.572. The number of halogens is 1. The van der Waals surface area contributed by atoms with E-state index in [1.54, 1.807) is 23.0 Å². The Balaban J connectivity index is 1.62. The lowest BCUT2D eigenvalue weighted by atomic mass is 9.85. The number of rotatable bonds is 4. The summed E-state index contributed by atoms with van der Waals surface area (Å²) in [6, 6.07) is 22.0. The molecule has 0 amide bonds. The summed E-state index contributed by atoms with van der Waals surface area (Å²) in [6.45, 7) is 0. The summed E-state index contributed by atoms with van der Waals surface area (Å²) in [4.78, 5) is 11.8. The third kappa shape index (κ3) is 2.43. The van der Waals surface area contributed by atoms with E-state index in [1.165, 1.54) is 12.1 Å². The fourth-order valence-electron chi connectivity index (χ4n) is 4.20. The molecule has 1 saturated carbocycles. The van der Waals surface area contributed by atoms with E-state index in [-0.39, 0.29) is 5.82 Å². The van der Waals surface area contributed by atoms with Crippen molar-refractivity contribution in [1.29, 1.82) is 0 Å². The molecule has 1 aliphatic rings. The van der Waals surface area contributed by atoms with E-state index in [2.05, 4.69) is 5.10 Å². The Labute approximate surface area is 160 Å².